The van der Waals surface area contributed by atoms with Crippen LogP contribution in [0.15, 0.2) is 6.33 Å². The maximum absolute atomic E-state index is 10.8. The molecular weight excluding hydrogens is 242 g/mol. The number of aldehydes is 1. The molecule has 1 atom stereocenters. The smallest absolute Gasteiger partial charge is 0.156 e. The van der Waals surface area contributed by atoms with Gasteiger partial charge >= 0.3 is 0 Å². The third-order valence-electron chi connectivity index (χ3n) is 2.20. The molecule has 0 aliphatic heterocycles. The summed E-state index contributed by atoms with van der Waals surface area (Å²) in [6.07, 6.45) is 2.07. The zero-order valence-corrected chi connectivity index (χ0v) is 10.6. The standard InChI is InChI=1S/C11H16ClN3O2/c1-7(2)3-8(17)4-13-11-9(5-16)10(12)14-6-15-11/h5-8,17H,3-4H2,1-2H3,(H,13,14,15). The van der Waals surface area contributed by atoms with Crippen molar-refractivity contribution < 1.29 is 9.90 Å². The fourth-order valence-electron chi connectivity index (χ4n) is 1.46. The molecule has 0 aliphatic carbocycles. The first kappa shape index (κ1) is 13.9. The molecule has 0 saturated carbocycles. The van der Waals surface area contributed by atoms with Crippen molar-refractivity contribution in [2.24, 2.45) is 5.92 Å². The quantitative estimate of drug-likeness (QED) is 0.600. The average molecular weight is 258 g/mol. The minimum Gasteiger partial charge on any atom is -0.391 e. The lowest BCUT2D eigenvalue weighted by molar-refractivity contribution is 0.112. The molecule has 94 valence electrons. The Kier molecular flexibility index (Phi) is 5.31. The van der Waals surface area contributed by atoms with Crippen molar-refractivity contribution >= 4 is 23.7 Å². The SMILES string of the molecule is CC(C)CC(O)CNc1ncnc(Cl)c1C=O. The first-order chi connectivity index (χ1) is 8.04. The summed E-state index contributed by atoms with van der Waals surface area (Å²) in [5.41, 5.74) is 0.214. The maximum Gasteiger partial charge on any atom is 0.156 e. The van der Waals surface area contributed by atoms with E-state index >= 15 is 0 Å². The molecule has 0 saturated heterocycles. The van der Waals surface area contributed by atoms with Crippen molar-refractivity contribution in [2.75, 3.05) is 11.9 Å². The molecule has 0 spiro atoms. The monoisotopic (exact) mass is 257 g/mol. The van der Waals surface area contributed by atoms with Crippen molar-refractivity contribution in [1.29, 1.82) is 0 Å². The average Bonchev–Trinajstić information content (AvgIpc) is 2.25. The highest BCUT2D eigenvalue weighted by Gasteiger charge is 2.11. The van der Waals surface area contributed by atoms with E-state index in [1.54, 1.807) is 0 Å². The van der Waals surface area contributed by atoms with Crippen LogP contribution in [0.2, 0.25) is 5.15 Å². The van der Waals surface area contributed by atoms with Gasteiger partial charge in [0.15, 0.2) is 6.29 Å². The van der Waals surface area contributed by atoms with Crippen LogP contribution in [-0.2, 0) is 0 Å². The van der Waals surface area contributed by atoms with Crippen LogP contribution in [0.1, 0.15) is 30.6 Å². The van der Waals surface area contributed by atoms with Gasteiger partial charge in [-0.05, 0) is 12.3 Å². The predicted molar refractivity (Wildman–Crippen MR) is 66.4 cm³/mol. The van der Waals surface area contributed by atoms with Crippen molar-refractivity contribution in [2.45, 2.75) is 26.4 Å². The zero-order chi connectivity index (χ0) is 12.8. The molecule has 2 N–H and O–H groups in total. The Morgan fingerprint density at radius 2 is 2.24 bits per heavy atom. The number of halogens is 1. The summed E-state index contributed by atoms with van der Waals surface area (Å²) in [5.74, 6) is 0.758. The van der Waals surface area contributed by atoms with Gasteiger partial charge in [-0.2, -0.15) is 0 Å². The van der Waals surface area contributed by atoms with Crippen molar-refractivity contribution in [3.8, 4) is 0 Å². The number of aromatic nitrogens is 2. The van der Waals surface area contributed by atoms with Crippen LogP contribution in [0.25, 0.3) is 0 Å². The van der Waals surface area contributed by atoms with E-state index in [1.807, 2.05) is 13.8 Å². The molecule has 0 amide bonds. The third-order valence-corrected chi connectivity index (χ3v) is 2.50. The minimum absolute atomic E-state index is 0.107. The summed E-state index contributed by atoms with van der Waals surface area (Å²) in [7, 11) is 0. The molecule has 0 aliphatic rings. The molecule has 0 radical (unpaired) electrons. The van der Waals surface area contributed by atoms with E-state index in [9.17, 15) is 9.90 Å². The molecule has 0 bridgehead atoms. The van der Waals surface area contributed by atoms with Gasteiger partial charge in [0.25, 0.3) is 0 Å². The number of hydrogen-bond acceptors (Lipinski definition) is 5. The summed E-state index contributed by atoms with van der Waals surface area (Å²) >= 11 is 5.74. The summed E-state index contributed by atoms with van der Waals surface area (Å²) < 4.78 is 0. The van der Waals surface area contributed by atoms with Gasteiger partial charge in [0, 0.05) is 6.54 Å². The van der Waals surface area contributed by atoms with Gasteiger partial charge in [-0.25, -0.2) is 9.97 Å². The van der Waals surface area contributed by atoms with E-state index in [0.29, 0.717) is 31.0 Å². The number of rotatable bonds is 6. The Morgan fingerprint density at radius 1 is 1.53 bits per heavy atom. The summed E-state index contributed by atoms with van der Waals surface area (Å²) in [6, 6.07) is 0. The lowest BCUT2D eigenvalue weighted by atomic mass is 10.1. The van der Waals surface area contributed by atoms with Gasteiger partial charge in [0.1, 0.15) is 17.3 Å². The molecule has 17 heavy (non-hydrogen) atoms. The molecule has 5 nitrogen and oxygen atoms in total. The molecule has 6 heteroatoms. The zero-order valence-electron chi connectivity index (χ0n) is 9.85. The first-order valence-electron chi connectivity index (χ1n) is 5.42. The van der Waals surface area contributed by atoms with Crippen LogP contribution >= 0.6 is 11.6 Å². The molecule has 1 aromatic heterocycles. The van der Waals surface area contributed by atoms with Crippen LogP contribution in [0.4, 0.5) is 5.82 Å². The van der Waals surface area contributed by atoms with Gasteiger partial charge in [-0.1, -0.05) is 25.4 Å². The lowest BCUT2D eigenvalue weighted by Crippen LogP contribution is -2.22. The van der Waals surface area contributed by atoms with Crippen molar-refractivity contribution in [3.63, 3.8) is 0 Å². The van der Waals surface area contributed by atoms with Crippen LogP contribution in [-0.4, -0.2) is 34.0 Å². The molecule has 0 aromatic carbocycles. The van der Waals surface area contributed by atoms with E-state index < -0.39 is 6.10 Å². The number of carbonyl (C=O) groups excluding carboxylic acids is 1. The Bertz CT molecular complexity index is 385. The highest BCUT2D eigenvalue weighted by molar-refractivity contribution is 6.32. The number of nitrogens with zero attached hydrogens (tertiary/aromatic N) is 2. The van der Waals surface area contributed by atoms with Crippen molar-refractivity contribution in [3.05, 3.63) is 17.0 Å². The Balaban J connectivity index is 2.63. The number of aliphatic hydroxyl groups excluding tert-OH is 1. The molecular formula is C11H16ClN3O2. The van der Waals surface area contributed by atoms with E-state index in [0.717, 1.165) is 0 Å². The number of aliphatic hydroxyl groups is 1. The highest BCUT2D eigenvalue weighted by Crippen LogP contribution is 2.17. The van der Waals surface area contributed by atoms with Crippen LogP contribution in [0.3, 0.4) is 0 Å². The molecule has 1 rings (SSSR count). The second kappa shape index (κ2) is 6.51. The van der Waals surface area contributed by atoms with E-state index in [2.05, 4.69) is 15.3 Å². The number of carbonyl (C=O) groups is 1. The summed E-state index contributed by atoms with van der Waals surface area (Å²) in [4.78, 5) is 18.4. The summed E-state index contributed by atoms with van der Waals surface area (Å²) in [5, 5.41) is 12.7. The van der Waals surface area contributed by atoms with E-state index in [-0.39, 0.29) is 10.7 Å². The van der Waals surface area contributed by atoms with Gasteiger partial charge in [0.05, 0.1) is 11.7 Å². The van der Waals surface area contributed by atoms with Crippen LogP contribution < -0.4 is 5.32 Å². The minimum atomic E-state index is -0.483. The topological polar surface area (TPSA) is 75.1 Å². The van der Waals surface area contributed by atoms with E-state index in [4.69, 9.17) is 11.6 Å². The highest BCUT2D eigenvalue weighted by atomic mass is 35.5. The second-order valence-electron chi connectivity index (χ2n) is 4.21. The van der Waals surface area contributed by atoms with Gasteiger partial charge in [-0.15, -0.1) is 0 Å². The first-order valence-corrected chi connectivity index (χ1v) is 5.80. The number of nitrogens with one attached hydrogen (secondary N) is 1. The molecule has 1 heterocycles. The number of anilines is 1. The fraction of sp³-hybridized carbons (Fsp3) is 0.545. The maximum atomic E-state index is 10.8. The largest absolute Gasteiger partial charge is 0.391 e. The van der Waals surface area contributed by atoms with Crippen molar-refractivity contribution in [1.82, 2.24) is 9.97 Å². The predicted octanol–water partition coefficient (Wildman–Crippen LogP) is 1.76. The van der Waals surface area contributed by atoms with E-state index in [1.165, 1.54) is 6.33 Å². The Hall–Kier alpha value is -1.20. The number of hydrogen-bond donors (Lipinski definition) is 2. The van der Waals surface area contributed by atoms with Gasteiger partial charge < -0.3 is 10.4 Å². The van der Waals surface area contributed by atoms with Gasteiger partial charge in [0.2, 0.25) is 0 Å². The second-order valence-corrected chi connectivity index (χ2v) is 4.57. The van der Waals surface area contributed by atoms with Crippen LogP contribution in [0, 0.1) is 5.92 Å². The Morgan fingerprint density at radius 3 is 2.82 bits per heavy atom. The lowest BCUT2D eigenvalue weighted by Gasteiger charge is -2.14. The van der Waals surface area contributed by atoms with Crippen LogP contribution in [0.5, 0.6) is 0 Å². The molecule has 1 aromatic rings. The molecule has 1 unspecified atom stereocenters. The Labute approximate surface area is 105 Å². The molecule has 0 fully saturated rings. The third kappa shape index (κ3) is 4.28. The van der Waals surface area contributed by atoms with Gasteiger partial charge in [-0.3, -0.25) is 4.79 Å². The fourth-order valence-corrected chi connectivity index (χ4v) is 1.64. The summed E-state index contributed by atoms with van der Waals surface area (Å²) in [6.45, 7) is 4.38. The normalized spacial score (nSPS) is 12.5.